The molecule has 0 fully saturated rings. The Balaban J connectivity index is 1.91. The van der Waals surface area contributed by atoms with Crippen molar-refractivity contribution in [3.63, 3.8) is 0 Å². The minimum absolute atomic E-state index is 0.245. The van der Waals surface area contributed by atoms with Crippen molar-refractivity contribution in [3.05, 3.63) is 0 Å². The molecule has 4 nitrogen and oxygen atoms in total. The number of nitrogens with zero attached hydrogens (tertiary/aromatic N) is 2. The molecule has 0 aromatic heterocycles. The average molecular weight is 633 g/mol. The number of rotatable bonds is 33. The average Bonchev–Trinajstić information content (AvgIpc) is 3.36. The molecule has 1 rings (SSSR count). The van der Waals surface area contributed by atoms with E-state index in [9.17, 15) is 4.79 Å². The van der Waals surface area contributed by atoms with E-state index in [0.29, 0.717) is 6.42 Å². The highest BCUT2D eigenvalue weighted by Crippen LogP contribution is 2.19. The van der Waals surface area contributed by atoms with Crippen LogP contribution in [0.25, 0.3) is 0 Å². The molecule has 1 N–H and O–H groups in total. The van der Waals surface area contributed by atoms with Crippen LogP contribution in [0.15, 0.2) is 4.99 Å². The molecule has 1 aliphatic heterocycles. The maximum Gasteiger partial charge on any atom is 0.220 e. The number of likely N-dealkylation sites (N-methyl/N-ethyl adjacent to an activating group) is 1. The van der Waals surface area contributed by atoms with Crippen molar-refractivity contribution >= 4 is 11.7 Å². The zero-order chi connectivity index (χ0) is 32.9. The maximum absolute atomic E-state index is 12.4. The van der Waals surface area contributed by atoms with Crippen molar-refractivity contribution in [2.75, 3.05) is 33.2 Å². The van der Waals surface area contributed by atoms with Crippen LogP contribution in [0.4, 0.5) is 0 Å². The van der Waals surface area contributed by atoms with E-state index in [2.05, 4.69) is 40.1 Å². The van der Waals surface area contributed by atoms with Gasteiger partial charge in [0.25, 0.3) is 0 Å². The Morgan fingerprint density at radius 1 is 0.600 bits per heavy atom. The number of amidine groups is 1. The molecule has 0 saturated heterocycles. The molecule has 0 spiro atoms. The van der Waals surface area contributed by atoms with Gasteiger partial charge in [0.15, 0.2) is 5.84 Å². The third-order valence-electron chi connectivity index (χ3n) is 10.3. The second kappa shape index (κ2) is 29.3. The van der Waals surface area contributed by atoms with Gasteiger partial charge in [0.05, 0.1) is 20.1 Å². The maximum atomic E-state index is 12.4. The van der Waals surface area contributed by atoms with Gasteiger partial charge in [-0.3, -0.25) is 9.28 Å². The van der Waals surface area contributed by atoms with E-state index < -0.39 is 0 Å². The topological polar surface area (TPSA) is 41.5 Å². The summed E-state index contributed by atoms with van der Waals surface area (Å²) in [5.41, 5.74) is 0. The number of hydrogen-bond donors (Lipinski definition) is 1. The third-order valence-corrected chi connectivity index (χ3v) is 10.3. The second-order valence-corrected chi connectivity index (χ2v) is 15.8. The van der Waals surface area contributed by atoms with Gasteiger partial charge < -0.3 is 5.32 Å². The summed E-state index contributed by atoms with van der Waals surface area (Å²) >= 11 is 0. The number of amides is 1. The molecule has 45 heavy (non-hydrogen) atoms. The molecule has 0 aromatic carbocycles. The summed E-state index contributed by atoms with van der Waals surface area (Å²) in [5.74, 6) is 3.36. The molecule has 0 bridgehead atoms. The number of nitrogens with one attached hydrogen (secondary N) is 1. The molecule has 1 atom stereocenters. The lowest BCUT2D eigenvalue weighted by atomic mass is 10.0. The van der Waals surface area contributed by atoms with Crippen LogP contribution in [0, 0.1) is 11.8 Å². The molecule has 1 heterocycles. The van der Waals surface area contributed by atoms with E-state index in [4.69, 9.17) is 4.99 Å². The van der Waals surface area contributed by atoms with Gasteiger partial charge in [-0.05, 0) is 24.7 Å². The standard InChI is InChI=1S/C41H81N3O/c1-38(2)30-26-22-18-14-10-6-8-12-16-20-24-28-32-40-42-34-36-44(40,5)37-35-43-41(45)33-29-25-21-17-13-9-7-11-15-19-23-27-31-39(3)4/h38-39H,6-37H2,1-5H3/p+1. The van der Waals surface area contributed by atoms with Gasteiger partial charge >= 0.3 is 0 Å². The molecule has 0 radical (unpaired) electrons. The quantitative estimate of drug-likeness (QED) is 0.0567. The predicted octanol–water partition coefficient (Wildman–Crippen LogP) is 12.2. The Hall–Kier alpha value is -0.900. The number of unbranched alkanes of at least 4 members (excludes halogenated alkanes) is 22. The molecular formula is C41H82N3O+. The SMILES string of the molecule is CC(C)CCCCCCCCCCCCCCC(=O)NCC[N+]1(C)CCN=C1CCCCCCCCCCCCCCC(C)C. The van der Waals surface area contributed by atoms with Crippen LogP contribution in [0.5, 0.6) is 0 Å². The lowest BCUT2D eigenvalue weighted by Crippen LogP contribution is -2.51. The van der Waals surface area contributed by atoms with Gasteiger partial charge in [-0.2, -0.15) is 0 Å². The van der Waals surface area contributed by atoms with Crippen LogP contribution in [0.3, 0.4) is 0 Å². The molecule has 0 aromatic rings. The Morgan fingerprint density at radius 2 is 0.978 bits per heavy atom. The van der Waals surface area contributed by atoms with Crippen LogP contribution in [0.2, 0.25) is 0 Å². The number of quaternary nitrogens is 1. The van der Waals surface area contributed by atoms with E-state index in [1.165, 1.54) is 166 Å². The highest BCUT2D eigenvalue weighted by molar-refractivity contribution is 5.77. The van der Waals surface area contributed by atoms with Crippen LogP contribution < -0.4 is 5.32 Å². The summed E-state index contributed by atoms with van der Waals surface area (Å²) in [6.07, 6.45) is 37.7. The van der Waals surface area contributed by atoms with Gasteiger partial charge in [-0.25, -0.2) is 4.99 Å². The zero-order valence-electron chi connectivity index (χ0n) is 31.6. The van der Waals surface area contributed by atoms with Crippen LogP contribution in [-0.4, -0.2) is 49.5 Å². The highest BCUT2D eigenvalue weighted by Gasteiger charge is 2.32. The first-order chi connectivity index (χ1) is 21.8. The molecule has 4 heteroatoms. The largest absolute Gasteiger partial charge is 0.350 e. The van der Waals surface area contributed by atoms with Gasteiger partial charge in [0.2, 0.25) is 5.91 Å². The van der Waals surface area contributed by atoms with Gasteiger partial charge in [-0.15, -0.1) is 0 Å². The van der Waals surface area contributed by atoms with Crippen LogP contribution in [0.1, 0.15) is 207 Å². The fraction of sp³-hybridized carbons (Fsp3) is 0.951. The first-order valence-corrected chi connectivity index (χ1v) is 20.5. The predicted molar refractivity (Wildman–Crippen MR) is 200 cm³/mol. The van der Waals surface area contributed by atoms with Crippen molar-refractivity contribution < 1.29 is 9.28 Å². The summed E-state index contributed by atoms with van der Waals surface area (Å²) in [6.45, 7) is 13.2. The van der Waals surface area contributed by atoms with E-state index in [1.807, 2.05) is 0 Å². The molecule has 0 saturated carbocycles. The Bertz CT molecular complexity index is 703. The van der Waals surface area contributed by atoms with Crippen molar-refractivity contribution in [3.8, 4) is 0 Å². The smallest absolute Gasteiger partial charge is 0.220 e. The molecule has 1 aliphatic rings. The van der Waals surface area contributed by atoms with Gasteiger partial charge in [0, 0.05) is 12.8 Å². The molecule has 266 valence electrons. The number of hydrogen-bond acceptors (Lipinski definition) is 2. The zero-order valence-corrected chi connectivity index (χ0v) is 31.6. The van der Waals surface area contributed by atoms with Gasteiger partial charge in [0.1, 0.15) is 13.1 Å². The number of carbonyl (C=O) groups is 1. The third kappa shape index (κ3) is 25.8. The highest BCUT2D eigenvalue weighted by atomic mass is 16.1. The van der Waals surface area contributed by atoms with Crippen molar-refractivity contribution in [2.45, 2.75) is 207 Å². The number of aliphatic imine (C=N–C) groups is 1. The molecular weight excluding hydrogens is 550 g/mol. The summed E-state index contributed by atoms with van der Waals surface area (Å²) in [7, 11) is 2.33. The van der Waals surface area contributed by atoms with E-state index in [-0.39, 0.29) is 5.91 Å². The minimum Gasteiger partial charge on any atom is -0.350 e. The fourth-order valence-corrected chi connectivity index (χ4v) is 7.03. The molecule has 1 unspecified atom stereocenters. The molecule has 0 aliphatic carbocycles. The Kier molecular flexibility index (Phi) is 27.4. The Morgan fingerprint density at radius 3 is 1.40 bits per heavy atom. The first-order valence-electron chi connectivity index (χ1n) is 20.5. The second-order valence-electron chi connectivity index (χ2n) is 15.8. The van der Waals surface area contributed by atoms with Crippen LogP contribution >= 0.6 is 0 Å². The van der Waals surface area contributed by atoms with E-state index >= 15 is 0 Å². The molecule has 1 amide bonds. The first kappa shape index (κ1) is 42.1. The lowest BCUT2D eigenvalue weighted by molar-refractivity contribution is -0.814. The lowest BCUT2D eigenvalue weighted by Gasteiger charge is -2.30. The fourth-order valence-electron chi connectivity index (χ4n) is 7.03. The van der Waals surface area contributed by atoms with Crippen molar-refractivity contribution in [1.82, 2.24) is 5.32 Å². The summed E-state index contributed by atoms with van der Waals surface area (Å²) in [4.78, 5) is 17.3. The normalized spacial score (nSPS) is 16.6. The summed E-state index contributed by atoms with van der Waals surface area (Å²) in [6, 6.07) is 0. The monoisotopic (exact) mass is 633 g/mol. The van der Waals surface area contributed by atoms with E-state index in [0.717, 1.165) is 55.3 Å². The summed E-state index contributed by atoms with van der Waals surface area (Å²) < 4.78 is 0.940. The summed E-state index contributed by atoms with van der Waals surface area (Å²) in [5, 5.41) is 3.22. The Labute approximate surface area is 283 Å². The van der Waals surface area contributed by atoms with Crippen molar-refractivity contribution in [2.24, 2.45) is 16.8 Å². The minimum atomic E-state index is 0.245. The van der Waals surface area contributed by atoms with E-state index in [1.54, 1.807) is 0 Å². The van der Waals surface area contributed by atoms with Crippen molar-refractivity contribution in [1.29, 1.82) is 0 Å². The van der Waals surface area contributed by atoms with Gasteiger partial charge in [-0.1, -0.05) is 182 Å². The number of carbonyl (C=O) groups excluding carboxylic acids is 1. The van der Waals surface area contributed by atoms with Crippen LogP contribution in [-0.2, 0) is 4.79 Å².